The molecule has 0 fully saturated rings. The summed E-state index contributed by atoms with van der Waals surface area (Å²) in [5, 5.41) is 44.1. The van der Waals surface area contributed by atoms with Crippen LogP contribution in [0.5, 0.6) is 0 Å². The molecule has 0 aromatic heterocycles. The molecule has 0 spiro atoms. The summed E-state index contributed by atoms with van der Waals surface area (Å²) in [7, 11) is 0. The van der Waals surface area contributed by atoms with Gasteiger partial charge in [0.15, 0.2) is 0 Å². The molecular formula is C64H127NO5. The van der Waals surface area contributed by atoms with E-state index < -0.39 is 36.9 Å². The Balaban J connectivity index is 3.51. The smallest absolute Gasteiger partial charge is 0.249 e. The molecule has 0 aliphatic heterocycles. The van der Waals surface area contributed by atoms with Crippen LogP contribution >= 0.6 is 0 Å². The first kappa shape index (κ1) is 69.0. The Kier molecular flexibility index (Phi) is 58.1. The van der Waals surface area contributed by atoms with E-state index in [9.17, 15) is 25.2 Å². The van der Waals surface area contributed by atoms with Gasteiger partial charge in [-0.3, -0.25) is 4.79 Å². The second-order valence-electron chi connectivity index (χ2n) is 22.5. The Bertz CT molecular complexity index is 1020. The molecule has 70 heavy (non-hydrogen) atoms. The number of carbonyl (C=O) groups is 1. The van der Waals surface area contributed by atoms with Gasteiger partial charge in [0.1, 0.15) is 12.2 Å². The SMILES string of the molecule is CCCCCCCCCCCCCCCCCC/C=C\CCCCCCCCCCCCCCCCCCC(O)C(=O)NC(CO)C(O)C(O)CCCCCCCCCCCCCCCCCCCC. The average Bonchev–Trinajstić information content (AvgIpc) is 3.36. The summed E-state index contributed by atoms with van der Waals surface area (Å²) < 4.78 is 0. The van der Waals surface area contributed by atoms with Gasteiger partial charge in [0.05, 0.1) is 18.8 Å². The fraction of sp³-hybridized carbons (Fsp3) is 0.953. The van der Waals surface area contributed by atoms with Gasteiger partial charge in [-0.1, -0.05) is 334 Å². The van der Waals surface area contributed by atoms with Crippen LogP contribution in [0.1, 0.15) is 361 Å². The third-order valence-electron chi connectivity index (χ3n) is 15.5. The standard InChI is InChI=1S/C64H127NO5/c1-3-5-7-9-11-13-15-17-19-21-23-24-25-26-27-28-29-30-31-32-33-34-35-36-37-38-39-40-42-44-46-48-50-52-54-56-58-62(68)64(70)65-60(59-66)63(69)61(67)57-55-53-51-49-47-45-43-41-22-20-18-16-14-12-10-8-6-4-2/h30-31,60-63,66-69H,3-29,32-59H2,1-2H3,(H,65,70)/b31-30-. The summed E-state index contributed by atoms with van der Waals surface area (Å²) in [6.07, 6.45) is 71.8. The van der Waals surface area contributed by atoms with Crippen LogP contribution in [0, 0.1) is 0 Å². The quantitative estimate of drug-likeness (QED) is 0.0308. The van der Waals surface area contributed by atoms with Crippen LogP contribution in [0.4, 0.5) is 0 Å². The summed E-state index contributed by atoms with van der Waals surface area (Å²) in [6, 6.07) is -0.983. The molecule has 0 aliphatic carbocycles. The van der Waals surface area contributed by atoms with E-state index in [1.54, 1.807) is 0 Å². The highest BCUT2D eigenvalue weighted by Crippen LogP contribution is 2.19. The Labute approximate surface area is 438 Å². The van der Waals surface area contributed by atoms with Gasteiger partial charge in [-0.25, -0.2) is 0 Å². The third-order valence-corrected chi connectivity index (χ3v) is 15.5. The lowest BCUT2D eigenvalue weighted by Gasteiger charge is -2.27. The number of amides is 1. The molecule has 4 unspecified atom stereocenters. The number of carbonyl (C=O) groups excluding carboxylic acids is 1. The van der Waals surface area contributed by atoms with Crippen molar-refractivity contribution in [3.8, 4) is 0 Å². The number of nitrogens with one attached hydrogen (secondary N) is 1. The lowest BCUT2D eigenvalue weighted by Crippen LogP contribution is -2.53. The Morgan fingerprint density at radius 1 is 0.343 bits per heavy atom. The second-order valence-corrected chi connectivity index (χ2v) is 22.5. The van der Waals surface area contributed by atoms with E-state index >= 15 is 0 Å². The van der Waals surface area contributed by atoms with E-state index in [0.717, 1.165) is 38.5 Å². The van der Waals surface area contributed by atoms with Crippen LogP contribution in [0.25, 0.3) is 0 Å². The topological polar surface area (TPSA) is 110 Å². The van der Waals surface area contributed by atoms with Gasteiger partial charge in [-0.15, -0.1) is 0 Å². The highest BCUT2D eigenvalue weighted by molar-refractivity contribution is 5.80. The summed E-state index contributed by atoms with van der Waals surface area (Å²) >= 11 is 0. The Hall–Kier alpha value is -0.950. The van der Waals surface area contributed by atoms with Gasteiger partial charge in [0, 0.05) is 0 Å². The lowest BCUT2D eigenvalue weighted by atomic mass is 9.99. The number of hydrogen-bond donors (Lipinski definition) is 5. The molecule has 0 aromatic rings. The molecule has 0 saturated carbocycles. The minimum atomic E-state index is -1.26. The molecule has 0 aromatic carbocycles. The first-order chi connectivity index (χ1) is 34.5. The Morgan fingerprint density at radius 3 is 0.829 bits per heavy atom. The third kappa shape index (κ3) is 51.9. The van der Waals surface area contributed by atoms with Crippen molar-refractivity contribution in [1.29, 1.82) is 0 Å². The van der Waals surface area contributed by atoms with E-state index in [2.05, 4.69) is 31.3 Å². The van der Waals surface area contributed by atoms with E-state index in [4.69, 9.17) is 0 Å². The molecule has 0 rings (SSSR count). The summed E-state index contributed by atoms with van der Waals surface area (Å²) in [4.78, 5) is 12.6. The molecule has 0 bridgehead atoms. The van der Waals surface area contributed by atoms with E-state index in [0.29, 0.717) is 12.8 Å². The fourth-order valence-electron chi connectivity index (χ4n) is 10.5. The summed E-state index contributed by atoms with van der Waals surface area (Å²) in [5.41, 5.74) is 0. The largest absolute Gasteiger partial charge is 0.394 e. The number of rotatable bonds is 60. The molecule has 0 aliphatic rings. The minimum Gasteiger partial charge on any atom is -0.394 e. The van der Waals surface area contributed by atoms with Crippen molar-refractivity contribution in [2.45, 2.75) is 385 Å². The Morgan fingerprint density at radius 2 is 0.571 bits per heavy atom. The van der Waals surface area contributed by atoms with Gasteiger partial charge in [0.25, 0.3) is 0 Å². The molecule has 5 N–H and O–H groups in total. The molecule has 418 valence electrons. The van der Waals surface area contributed by atoms with Crippen molar-refractivity contribution in [3.63, 3.8) is 0 Å². The summed E-state index contributed by atoms with van der Waals surface area (Å²) in [6.45, 7) is 4.10. The van der Waals surface area contributed by atoms with Crippen molar-refractivity contribution in [2.24, 2.45) is 0 Å². The highest BCUT2D eigenvalue weighted by atomic mass is 16.3. The maximum atomic E-state index is 12.6. The number of unbranched alkanes of at least 4 members (excludes halogenated alkanes) is 49. The van der Waals surface area contributed by atoms with Crippen molar-refractivity contribution in [1.82, 2.24) is 5.32 Å². The van der Waals surface area contributed by atoms with E-state index in [-0.39, 0.29) is 0 Å². The van der Waals surface area contributed by atoms with Crippen molar-refractivity contribution in [2.75, 3.05) is 6.61 Å². The summed E-state index contributed by atoms with van der Waals surface area (Å²) in [5.74, 6) is -0.576. The molecule has 6 nitrogen and oxygen atoms in total. The van der Waals surface area contributed by atoms with Gasteiger partial charge in [0.2, 0.25) is 5.91 Å². The molecule has 1 amide bonds. The number of aliphatic hydroxyl groups is 4. The van der Waals surface area contributed by atoms with Crippen molar-refractivity contribution < 1.29 is 25.2 Å². The predicted octanol–water partition coefficient (Wildman–Crippen LogP) is 19.2. The van der Waals surface area contributed by atoms with Gasteiger partial charge >= 0.3 is 0 Å². The van der Waals surface area contributed by atoms with Crippen molar-refractivity contribution >= 4 is 5.91 Å². The van der Waals surface area contributed by atoms with Gasteiger partial charge in [-0.05, 0) is 38.5 Å². The van der Waals surface area contributed by atoms with Crippen LogP contribution in [0.15, 0.2) is 12.2 Å². The lowest BCUT2D eigenvalue weighted by molar-refractivity contribution is -0.132. The van der Waals surface area contributed by atoms with Crippen molar-refractivity contribution in [3.05, 3.63) is 12.2 Å². The second kappa shape index (κ2) is 58.9. The van der Waals surface area contributed by atoms with Crippen LogP contribution in [0.2, 0.25) is 0 Å². The molecule has 4 atom stereocenters. The number of aliphatic hydroxyl groups excluding tert-OH is 4. The highest BCUT2D eigenvalue weighted by Gasteiger charge is 2.28. The van der Waals surface area contributed by atoms with Gasteiger partial charge < -0.3 is 25.7 Å². The first-order valence-electron chi connectivity index (χ1n) is 32.1. The minimum absolute atomic E-state index is 0.374. The average molecular weight is 991 g/mol. The monoisotopic (exact) mass is 990 g/mol. The zero-order valence-corrected chi connectivity index (χ0v) is 47.6. The molecule has 0 radical (unpaired) electrons. The fourth-order valence-corrected chi connectivity index (χ4v) is 10.5. The van der Waals surface area contributed by atoms with E-state index in [1.165, 1.54) is 295 Å². The predicted molar refractivity (Wildman–Crippen MR) is 307 cm³/mol. The zero-order chi connectivity index (χ0) is 50.9. The van der Waals surface area contributed by atoms with Crippen LogP contribution in [-0.4, -0.2) is 57.3 Å². The zero-order valence-electron chi connectivity index (χ0n) is 47.6. The first-order valence-corrected chi connectivity index (χ1v) is 32.1. The van der Waals surface area contributed by atoms with Gasteiger partial charge in [-0.2, -0.15) is 0 Å². The molecular weight excluding hydrogens is 863 g/mol. The molecule has 0 saturated heterocycles. The number of hydrogen-bond acceptors (Lipinski definition) is 5. The molecule has 6 heteroatoms. The maximum Gasteiger partial charge on any atom is 0.249 e. The maximum absolute atomic E-state index is 12.6. The normalized spacial score (nSPS) is 13.6. The number of allylic oxidation sites excluding steroid dienone is 2. The molecule has 0 heterocycles. The van der Waals surface area contributed by atoms with Crippen LogP contribution in [-0.2, 0) is 4.79 Å². The van der Waals surface area contributed by atoms with Crippen LogP contribution < -0.4 is 5.32 Å². The van der Waals surface area contributed by atoms with E-state index in [1.807, 2.05) is 0 Å². The van der Waals surface area contributed by atoms with Crippen LogP contribution in [0.3, 0.4) is 0 Å².